The minimum atomic E-state index is 0. The van der Waals surface area contributed by atoms with Gasteiger partial charge in [-0.15, -0.1) is 0 Å². The molecule has 0 aliphatic carbocycles. The summed E-state index contributed by atoms with van der Waals surface area (Å²) in [5.41, 5.74) is 0. The molecule has 12 heteroatoms. The largest absolute Gasteiger partial charge is 3.00 e. The van der Waals surface area contributed by atoms with Crippen molar-refractivity contribution in [1.82, 2.24) is 9.97 Å². The van der Waals surface area contributed by atoms with Crippen LogP contribution in [-0.4, -0.2) is 30.6 Å². The molecule has 31 heavy (non-hydrogen) atoms. The number of aromatic nitrogens is 3. The topological polar surface area (TPSA) is 129 Å². The third-order valence-corrected chi connectivity index (χ3v) is 1.74. The molecule has 0 unspecified atom stereocenters. The van der Waals surface area contributed by atoms with Crippen LogP contribution in [0.15, 0.2) is 91.8 Å². The first kappa shape index (κ1) is 38.7. The van der Waals surface area contributed by atoms with E-state index in [-0.39, 0.29) is 17.1 Å². The molecule has 0 aromatic carbocycles. The Morgan fingerprint density at radius 2 is 0.710 bits per heavy atom. The first-order valence-corrected chi connectivity index (χ1v) is 8.95. The van der Waals surface area contributed by atoms with Crippen LogP contribution in [-0.2, 0) is 17.1 Å². The maximum atomic E-state index is 7.13. The van der Waals surface area contributed by atoms with Crippen molar-refractivity contribution in [2.24, 2.45) is 0 Å². The molecule has 1 radical (unpaired) electrons. The van der Waals surface area contributed by atoms with E-state index in [1.807, 2.05) is 67.0 Å². The van der Waals surface area contributed by atoms with Gasteiger partial charge in [-0.25, -0.2) is 4.98 Å². The summed E-state index contributed by atoms with van der Waals surface area (Å²) in [7, 11) is 0. The van der Waals surface area contributed by atoms with Crippen molar-refractivity contribution in [1.29, 1.82) is 0 Å². The van der Waals surface area contributed by atoms with Gasteiger partial charge < -0.3 is 21.6 Å². The SMILES string of the molecule is [Fe+3].[N-]=C=S.[N-]=C=S.[N-]=C=S.[N-]=C=S.c1cc[nH+]cc1.c1ccncc1.c1ccncc1. The van der Waals surface area contributed by atoms with Crippen LogP contribution in [0.25, 0.3) is 21.6 Å². The van der Waals surface area contributed by atoms with Crippen LogP contribution >= 0.6 is 48.9 Å². The molecule has 0 saturated heterocycles. The molecule has 0 aliphatic rings. The summed E-state index contributed by atoms with van der Waals surface area (Å²) >= 11 is 14.8. The normalized spacial score (nSPS) is 5.68. The Hall–Kier alpha value is -2.83. The molecule has 3 aromatic heterocycles. The smallest absolute Gasteiger partial charge is 0.753 e. The minimum absolute atomic E-state index is 0. The second-order valence-corrected chi connectivity index (χ2v) is 4.22. The molecule has 0 fully saturated rings. The van der Waals surface area contributed by atoms with E-state index in [1.54, 1.807) is 24.8 Å². The zero-order valence-electron chi connectivity index (χ0n) is 15.8. The third-order valence-electron chi connectivity index (χ3n) is 1.74. The fourth-order valence-corrected chi connectivity index (χ4v) is 0.967. The number of H-pyrrole nitrogens is 1. The van der Waals surface area contributed by atoms with Crippen molar-refractivity contribution in [3.63, 3.8) is 0 Å². The summed E-state index contributed by atoms with van der Waals surface area (Å²) in [6.45, 7) is 0. The summed E-state index contributed by atoms with van der Waals surface area (Å²) in [5.74, 6) is 0. The molecule has 0 aliphatic heterocycles. The van der Waals surface area contributed by atoms with Crippen molar-refractivity contribution in [2.75, 3.05) is 0 Å². The van der Waals surface area contributed by atoms with Gasteiger partial charge in [0.05, 0.1) is 0 Å². The summed E-state index contributed by atoms with van der Waals surface area (Å²) in [6, 6.07) is 17.3. The van der Waals surface area contributed by atoms with Gasteiger partial charge in [-0.3, -0.25) is 9.97 Å². The Balaban J connectivity index is -0.0000000872. The Kier molecular flexibility index (Phi) is 63.3. The molecule has 3 heterocycles. The van der Waals surface area contributed by atoms with E-state index in [0.717, 1.165) is 0 Å². The molecule has 159 valence electrons. The maximum absolute atomic E-state index is 7.13. The molecule has 0 atom stereocenters. The third kappa shape index (κ3) is 74.8. The zero-order valence-corrected chi connectivity index (χ0v) is 20.2. The summed E-state index contributed by atoms with van der Waals surface area (Å²) < 4.78 is 0. The van der Waals surface area contributed by atoms with Crippen molar-refractivity contribution in [3.8, 4) is 0 Å². The second kappa shape index (κ2) is 50.6. The molecule has 3 rings (SSSR count). The number of nitrogens with zero attached hydrogens (tertiary/aromatic N) is 6. The number of pyridine rings is 3. The Morgan fingerprint density at radius 3 is 0.774 bits per heavy atom. The van der Waals surface area contributed by atoms with E-state index in [9.17, 15) is 0 Å². The van der Waals surface area contributed by atoms with Gasteiger partial charge in [0.25, 0.3) is 0 Å². The van der Waals surface area contributed by atoms with E-state index in [4.69, 9.17) is 21.6 Å². The van der Waals surface area contributed by atoms with Crippen LogP contribution < -0.4 is 4.98 Å². The second-order valence-electron chi connectivity index (χ2n) is 3.49. The molecular weight excluding hydrogens is 510 g/mol. The van der Waals surface area contributed by atoms with Gasteiger partial charge in [0.15, 0.2) is 12.4 Å². The van der Waals surface area contributed by atoms with Gasteiger partial charge in [0.1, 0.15) is 0 Å². The number of aromatic amines is 1. The summed E-state index contributed by atoms with van der Waals surface area (Å²) in [6.07, 6.45) is 10.8. The van der Waals surface area contributed by atoms with Gasteiger partial charge >= 0.3 is 17.1 Å². The average molecular weight is 526 g/mol. The standard InChI is InChI=1S/3C5H5N.4CNS.Fe/c3*1-2-4-6-5-3-1;4*2-1-3;/h3*1-5H;;;;;/q;;;4*-1;+3/p+1. The monoisotopic (exact) mass is 526 g/mol. The van der Waals surface area contributed by atoms with Crippen LogP contribution in [0, 0.1) is 0 Å². The summed E-state index contributed by atoms with van der Waals surface area (Å²) in [5, 5.41) is 33.9. The first-order valence-electron chi connectivity index (χ1n) is 7.32. The van der Waals surface area contributed by atoms with E-state index >= 15 is 0 Å². The number of hydrogen-bond acceptors (Lipinski definition) is 6. The van der Waals surface area contributed by atoms with Crippen LogP contribution in [0.4, 0.5) is 0 Å². The average Bonchev–Trinajstić information content (AvgIpc) is 2.80. The van der Waals surface area contributed by atoms with Gasteiger partial charge in [-0.05, 0) is 24.3 Å². The van der Waals surface area contributed by atoms with Crippen molar-refractivity contribution >= 4 is 69.5 Å². The molecule has 0 saturated carbocycles. The number of isothiocyanates is 4. The van der Waals surface area contributed by atoms with Crippen molar-refractivity contribution in [3.05, 3.63) is 113 Å². The number of hydrogen-bond donors (Lipinski definition) is 0. The fraction of sp³-hybridized carbons (Fsp3) is 0. The Morgan fingerprint density at radius 1 is 0.484 bits per heavy atom. The van der Waals surface area contributed by atoms with Crippen LogP contribution in [0.2, 0.25) is 0 Å². The summed E-state index contributed by atoms with van der Waals surface area (Å²) in [4.78, 5) is 10.5. The number of rotatable bonds is 0. The van der Waals surface area contributed by atoms with Gasteiger partial charge in [0, 0.05) is 36.9 Å². The van der Waals surface area contributed by atoms with Crippen LogP contribution in [0.5, 0.6) is 0 Å². The van der Waals surface area contributed by atoms with E-state index < -0.39 is 0 Å². The number of nitrogens with one attached hydrogen (secondary N) is 1. The molecule has 0 spiro atoms. The molecule has 3 aromatic rings. The Bertz CT molecular complexity index is 599. The molecule has 0 bridgehead atoms. The van der Waals surface area contributed by atoms with E-state index in [2.05, 4.69) is 63.8 Å². The molecule has 1 N–H and O–H groups in total. The molecular formula is C19H16FeN7S4. The quantitative estimate of drug-likeness (QED) is 0.222. The zero-order chi connectivity index (χ0) is 23.6. The van der Waals surface area contributed by atoms with Crippen molar-refractivity contribution in [2.45, 2.75) is 0 Å². The fourth-order valence-electron chi connectivity index (χ4n) is 0.967. The minimum Gasteiger partial charge on any atom is -0.753 e. The van der Waals surface area contributed by atoms with Crippen LogP contribution in [0.1, 0.15) is 0 Å². The molecule has 7 nitrogen and oxygen atoms in total. The predicted octanol–water partition coefficient (Wildman–Crippen LogP) is 5.30. The van der Waals surface area contributed by atoms with Gasteiger partial charge in [-0.2, -0.15) is 20.6 Å². The van der Waals surface area contributed by atoms with Gasteiger partial charge in [0.2, 0.25) is 0 Å². The van der Waals surface area contributed by atoms with Crippen molar-refractivity contribution < 1.29 is 22.1 Å². The number of thiocarbonyl (C=S) groups is 4. The first-order chi connectivity index (χ1) is 14.7. The molecule has 0 amide bonds. The van der Waals surface area contributed by atoms with E-state index in [0.29, 0.717) is 0 Å². The maximum Gasteiger partial charge on any atom is 3.00 e. The Labute approximate surface area is 213 Å². The van der Waals surface area contributed by atoms with Crippen LogP contribution in [0.3, 0.4) is 0 Å². The predicted molar refractivity (Wildman–Crippen MR) is 135 cm³/mol. The van der Waals surface area contributed by atoms with Gasteiger partial charge in [-0.1, -0.05) is 67.1 Å². The van der Waals surface area contributed by atoms with E-state index in [1.165, 1.54) is 20.6 Å².